The van der Waals surface area contributed by atoms with Crippen molar-refractivity contribution in [3.8, 4) is 5.88 Å². The van der Waals surface area contributed by atoms with Crippen LogP contribution in [0.1, 0.15) is 34.8 Å². The van der Waals surface area contributed by atoms with Crippen LogP contribution >= 0.6 is 0 Å². The number of aromatic nitrogens is 3. The van der Waals surface area contributed by atoms with E-state index >= 15 is 0 Å². The van der Waals surface area contributed by atoms with Crippen LogP contribution in [0.2, 0.25) is 0 Å². The van der Waals surface area contributed by atoms with Gasteiger partial charge in [-0.15, -0.1) is 5.10 Å². The lowest BCUT2D eigenvalue weighted by Gasteiger charge is -2.14. The molecule has 7 nitrogen and oxygen atoms in total. The van der Waals surface area contributed by atoms with E-state index in [2.05, 4.69) is 15.4 Å². The number of amides is 1. The molecule has 0 saturated heterocycles. The third-order valence-corrected chi connectivity index (χ3v) is 5.07. The Kier molecular flexibility index (Phi) is 5.94. The summed E-state index contributed by atoms with van der Waals surface area (Å²) in [7, 11) is 3.45. The Labute approximate surface area is 164 Å². The maximum absolute atomic E-state index is 12.3. The number of hydrogen-bond acceptors (Lipinski definition) is 5. The first-order valence-electron chi connectivity index (χ1n) is 9.36. The lowest BCUT2D eigenvalue weighted by molar-refractivity contribution is -0.121. The smallest absolute Gasteiger partial charge is 0.242 e. The summed E-state index contributed by atoms with van der Waals surface area (Å²) in [5, 5.41) is 8.19. The molecule has 1 unspecified atom stereocenters. The minimum absolute atomic E-state index is 0.0246. The van der Waals surface area contributed by atoms with Crippen LogP contribution in [0.5, 0.6) is 5.88 Å². The first-order chi connectivity index (χ1) is 13.4. The zero-order valence-corrected chi connectivity index (χ0v) is 16.8. The fourth-order valence-corrected chi connectivity index (χ4v) is 3.48. The standard InChI is InChI=1S/C21H27N5O2/c1-13-16(14(2)24-20-19(13)21(28-4)25-26(20)3)10-11-18(27)23-12-17(22)15-8-6-5-7-9-15/h5-9,17H,10-12,22H2,1-4H3,(H,23,27). The molecular weight excluding hydrogens is 354 g/mol. The molecule has 0 aliphatic heterocycles. The molecule has 28 heavy (non-hydrogen) atoms. The Bertz CT molecular complexity index is 982. The van der Waals surface area contributed by atoms with Gasteiger partial charge < -0.3 is 15.8 Å². The first kappa shape index (κ1) is 19.8. The van der Waals surface area contributed by atoms with E-state index in [4.69, 9.17) is 10.5 Å². The number of pyridine rings is 1. The number of ether oxygens (including phenoxy) is 1. The molecule has 2 aromatic heterocycles. The topological polar surface area (TPSA) is 95.1 Å². The third-order valence-electron chi connectivity index (χ3n) is 5.07. The number of nitrogens with zero attached hydrogens (tertiary/aromatic N) is 3. The molecule has 1 atom stereocenters. The molecule has 3 N–H and O–H groups in total. The van der Waals surface area contributed by atoms with Crippen molar-refractivity contribution in [3.63, 3.8) is 0 Å². The number of rotatable bonds is 7. The highest BCUT2D eigenvalue weighted by atomic mass is 16.5. The van der Waals surface area contributed by atoms with E-state index in [1.54, 1.807) is 11.8 Å². The summed E-state index contributed by atoms with van der Waals surface area (Å²) in [4.78, 5) is 17.0. The Balaban J connectivity index is 1.67. The van der Waals surface area contributed by atoms with E-state index in [1.807, 2.05) is 51.2 Å². The number of nitrogens with two attached hydrogens (primary N) is 1. The van der Waals surface area contributed by atoms with Crippen molar-refractivity contribution in [1.82, 2.24) is 20.1 Å². The monoisotopic (exact) mass is 381 g/mol. The van der Waals surface area contributed by atoms with Crippen molar-refractivity contribution in [1.29, 1.82) is 0 Å². The first-order valence-corrected chi connectivity index (χ1v) is 9.36. The molecule has 7 heteroatoms. The predicted molar refractivity (Wildman–Crippen MR) is 109 cm³/mol. The molecule has 0 aliphatic rings. The number of benzene rings is 1. The zero-order chi connectivity index (χ0) is 20.3. The van der Waals surface area contributed by atoms with Gasteiger partial charge in [0.25, 0.3) is 0 Å². The van der Waals surface area contributed by atoms with Gasteiger partial charge in [-0.25, -0.2) is 9.67 Å². The van der Waals surface area contributed by atoms with Crippen molar-refractivity contribution in [2.45, 2.75) is 32.7 Å². The number of hydrogen-bond donors (Lipinski definition) is 2. The van der Waals surface area contributed by atoms with E-state index in [0.29, 0.717) is 25.3 Å². The Morgan fingerprint density at radius 1 is 1.29 bits per heavy atom. The van der Waals surface area contributed by atoms with Gasteiger partial charge in [-0.3, -0.25) is 4.79 Å². The largest absolute Gasteiger partial charge is 0.479 e. The number of nitrogens with one attached hydrogen (secondary N) is 1. The summed E-state index contributed by atoms with van der Waals surface area (Å²) in [5.41, 5.74) is 11.0. The molecule has 0 fully saturated rings. The van der Waals surface area contributed by atoms with Gasteiger partial charge in [0, 0.05) is 31.7 Å². The number of fused-ring (bicyclic) bond motifs is 1. The van der Waals surface area contributed by atoms with E-state index in [-0.39, 0.29) is 11.9 Å². The van der Waals surface area contributed by atoms with Crippen molar-refractivity contribution in [3.05, 3.63) is 52.7 Å². The fraction of sp³-hybridized carbons (Fsp3) is 0.381. The highest BCUT2D eigenvalue weighted by Gasteiger charge is 2.18. The number of carbonyl (C=O) groups excluding carboxylic acids is 1. The van der Waals surface area contributed by atoms with Gasteiger partial charge in [0.2, 0.25) is 11.8 Å². The second kappa shape index (κ2) is 8.39. The molecule has 3 rings (SSSR count). The van der Waals surface area contributed by atoms with Crippen LogP contribution in [0.4, 0.5) is 0 Å². The summed E-state index contributed by atoms with van der Waals surface area (Å²) in [6.45, 7) is 4.40. The average Bonchev–Trinajstić information content (AvgIpc) is 3.02. The van der Waals surface area contributed by atoms with Gasteiger partial charge in [0.05, 0.1) is 12.5 Å². The fourth-order valence-electron chi connectivity index (χ4n) is 3.48. The van der Waals surface area contributed by atoms with E-state index in [9.17, 15) is 4.79 Å². The molecule has 0 aliphatic carbocycles. The molecule has 148 valence electrons. The lowest BCUT2D eigenvalue weighted by atomic mass is 10.00. The molecule has 0 radical (unpaired) electrons. The summed E-state index contributed by atoms with van der Waals surface area (Å²) in [6.07, 6.45) is 0.976. The minimum atomic E-state index is -0.216. The maximum atomic E-state index is 12.3. The normalized spacial score (nSPS) is 12.2. The van der Waals surface area contributed by atoms with Gasteiger partial charge in [-0.2, -0.15) is 0 Å². The molecule has 2 heterocycles. The van der Waals surface area contributed by atoms with Gasteiger partial charge >= 0.3 is 0 Å². The number of methoxy groups -OCH3 is 1. The highest BCUT2D eigenvalue weighted by molar-refractivity contribution is 5.86. The molecular formula is C21H27N5O2. The Morgan fingerprint density at radius 3 is 2.68 bits per heavy atom. The van der Waals surface area contributed by atoms with Crippen molar-refractivity contribution < 1.29 is 9.53 Å². The van der Waals surface area contributed by atoms with Gasteiger partial charge in [-0.1, -0.05) is 30.3 Å². The van der Waals surface area contributed by atoms with Crippen LogP contribution in [0.3, 0.4) is 0 Å². The van der Waals surface area contributed by atoms with Crippen molar-refractivity contribution in [2.75, 3.05) is 13.7 Å². The van der Waals surface area contributed by atoms with Crippen molar-refractivity contribution in [2.24, 2.45) is 12.8 Å². The van der Waals surface area contributed by atoms with E-state index in [0.717, 1.165) is 33.4 Å². The van der Waals surface area contributed by atoms with E-state index < -0.39 is 0 Å². The SMILES string of the molecule is COc1nn(C)c2nc(C)c(CCC(=O)NCC(N)c3ccccc3)c(C)c12. The summed E-state index contributed by atoms with van der Waals surface area (Å²) < 4.78 is 7.11. The van der Waals surface area contributed by atoms with Crippen molar-refractivity contribution >= 4 is 16.9 Å². The molecule has 1 amide bonds. The lowest BCUT2D eigenvalue weighted by Crippen LogP contribution is -2.32. The van der Waals surface area contributed by atoms with Crippen LogP contribution in [-0.2, 0) is 18.3 Å². The van der Waals surface area contributed by atoms with Gasteiger partial charge in [0.15, 0.2) is 5.65 Å². The number of carbonyl (C=O) groups is 1. The summed E-state index contributed by atoms with van der Waals surface area (Å²) >= 11 is 0. The maximum Gasteiger partial charge on any atom is 0.242 e. The molecule has 0 saturated carbocycles. The van der Waals surface area contributed by atoms with Gasteiger partial charge in [-0.05, 0) is 37.0 Å². The quantitative estimate of drug-likeness (QED) is 0.655. The second-order valence-corrected chi connectivity index (χ2v) is 6.95. The zero-order valence-electron chi connectivity index (χ0n) is 16.8. The average molecular weight is 381 g/mol. The molecule has 0 spiro atoms. The molecule has 3 aromatic rings. The van der Waals surface area contributed by atoms with Crippen LogP contribution in [0, 0.1) is 13.8 Å². The molecule has 1 aromatic carbocycles. The Morgan fingerprint density at radius 2 is 2.00 bits per heavy atom. The summed E-state index contributed by atoms with van der Waals surface area (Å²) in [5.74, 6) is 0.533. The predicted octanol–water partition coefficient (Wildman–Crippen LogP) is 2.34. The third kappa shape index (κ3) is 3.99. The van der Waals surface area contributed by atoms with E-state index in [1.165, 1.54) is 0 Å². The molecule has 0 bridgehead atoms. The van der Waals surface area contributed by atoms with Crippen LogP contribution in [0.25, 0.3) is 11.0 Å². The highest BCUT2D eigenvalue weighted by Crippen LogP contribution is 2.30. The number of aryl methyl sites for hydroxylation is 3. The second-order valence-electron chi connectivity index (χ2n) is 6.95. The summed E-state index contributed by atoms with van der Waals surface area (Å²) in [6, 6.07) is 9.54. The van der Waals surface area contributed by atoms with Crippen LogP contribution in [-0.4, -0.2) is 34.3 Å². The van der Waals surface area contributed by atoms with Crippen LogP contribution < -0.4 is 15.8 Å². The minimum Gasteiger partial charge on any atom is -0.479 e. The Hall–Kier alpha value is -2.93. The van der Waals surface area contributed by atoms with Gasteiger partial charge in [0.1, 0.15) is 0 Å². The van der Waals surface area contributed by atoms with Crippen LogP contribution in [0.15, 0.2) is 30.3 Å².